The van der Waals surface area contributed by atoms with Crippen molar-refractivity contribution in [2.45, 2.75) is 6.92 Å². The predicted octanol–water partition coefficient (Wildman–Crippen LogP) is 3.33. The van der Waals surface area contributed by atoms with E-state index in [-0.39, 0.29) is 5.78 Å². The van der Waals surface area contributed by atoms with Gasteiger partial charge in [-0.25, -0.2) is 0 Å². The summed E-state index contributed by atoms with van der Waals surface area (Å²) in [6.07, 6.45) is 0. The van der Waals surface area contributed by atoms with E-state index in [1.165, 1.54) is 0 Å². The average Bonchev–Trinajstić information content (AvgIpc) is 2.63. The fourth-order valence-corrected chi connectivity index (χ4v) is 2.02. The molecule has 0 amide bonds. The number of benzene rings is 1. The molecule has 2 aromatic rings. The van der Waals surface area contributed by atoms with E-state index >= 15 is 0 Å². The van der Waals surface area contributed by atoms with Crippen LogP contribution in [0.2, 0.25) is 0 Å². The molecule has 0 saturated carbocycles. The van der Waals surface area contributed by atoms with Gasteiger partial charge in [0.05, 0.1) is 18.0 Å². The molecule has 0 aliphatic rings. The molecule has 3 nitrogen and oxygen atoms in total. The molecular formula is C12H11BrO3. The lowest BCUT2D eigenvalue weighted by atomic mass is 10.1. The van der Waals surface area contributed by atoms with Crippen molar-refractivity contribution in [3.8, 4) is 5.75 Å². The van der Waals surface area contributed by atoms with Gasteiger partial charge in [-0.15, -0.1) is 0 Å². The van der Waals surface area contributed by atoms with Crippen LogP contribution in [-0.4, -0.2) is 18.2 Å². The quantitative estimate of drug-likeness (QED) is 0.640. The highest BCUT2D eigenvalue weighted by Gasteiger charge is 2.17. The Kier molecular flexibility index (Phi) is 3.01. The van der Waals surface area contributed by atoms with Gasteiger partial charge in [-0.2, -0.15) is 0 Å². The summed E-state index contributed by atoms with van der Waals surface area (Å²) in [6.45, 7) is 1.79. The van der Waals surface area contributed by atoms with Crippen molar-refractivity contribution < 1.29 is 13.9 Å². The molecule has 0 saturated heterocycles. The van der Waals surface area contributed by atoms with Gasteiger partial charge < -0.3 is 9.15 Å². The lowest BCUT2D eigenvalue weighted by Gasteiger charge is -1.99. The van der Waals surface area contributed by atoms with Gasteiger partial charge in [-0.05, 0) is 25.1 Å². The second-order valence-electron chi connectivity index (χ2n) is 3.45. The number of furan rings is 1. The minimum absolute atomic E-state index is 0.0181. The topological polar surface area (TPSA) is 39.4 Å². The van der Waals surface area contributed by atoms with Gasteiger partial charge in [0.2, 0.25) is 0 Å². The average molecular weight is 283 g/mol. The maximum atomic E-state index is 11.8. The molecule has 4 heteroatoms. The maximum Gasteiger partial charge on any atom is 0.177 e. The van der Waals surface area contributed by atoms with E-state index in [4.69, 9.17) is 9.15 Å². The molecule has 0 bridgehead atoms. The summed E-state index contributed by atoms with van der Waals surface area (Å²) in [5.74, 6) is 1.38. The van der Waals surface area contributed by atoms with Crippen molar-refractivity contribution in [3.63, 3.8) is 0 Å². The summed E-state index contributed by atoms with van der Waals surface area (Å²) in [6, 6.07) is 5.45. The third-order valence-corrected chi connectivity index (χ3v) is 2.98. The van der Waals surface area contributed by atoms with Crippen molar-refractivity contribution in [1.82, 2.24) is 0 Å². The van der Waals surface area contributed by atoms with Crippen molar-refractivity contribution >= 4 is 32.7 Å². The molecule has 0 aliphatic heterocycles. The first-order valence-electron chi connectivity index (χ1n) is 4.83. The molecular weight excluding hydrogens is 272 g/mol. The summed E-state index contributed by atoms with van der Waals surface area (Å²) < 4.78 is 10.7. The highest BCUT2D eigenvalue weighted by atomic mass is 79.9. The summed E-state index contributed by atoms with van der Waals surface area (Å²) in [4.78, 5) is 11.8. The summed E-state index contributed by atoms with van der Waals surface area (Å²) in [7, 11) is 1.60. The number of halogens is 1. The number of hydrogen-bond acceptors (Lipinski definition) is 3. The minimum atomic E-state index is 0.0181. The number of ether oxygens (including phenoxy) is 1. The second-order valence-corrected chi connectivity index (χ2v) is 4.01. The number of methoxy groups -OCH3 is 1. The molecule has 0 atom stereocenters. The highest BCUT2D eigenvalue weighted by molar-refractivity contribution is 9.09. The summed E-state index contributed by atoms with van der Waals surface area (Å²) >= 11 is 3.17. The van der Waals surface area contributed by atoms with Gasteiger partial charge >= 0.3 is 0 Å². The summed E-state index contributed by atoms with van der Waals surface area (Å²) in [5.41, 5.74) is 1.34. The van der Waals surface area contributed by atoms with Gasteiger partial charge in [0.1, 0.15) is 17.1 Å². The van der Waals surface area contributed by atoms with Crippen molar-refractivity contribution in [1.29, 1.82) is 0 Å². The number of aryl methyl sites for hydroxylation is 1. The zero-order valence-electron chi connectivity index (χ0n) is 9.04. The van der Waals surface area contributed by atoms with E-state index in [0.717, 1.165) is 11.1 Å². The smallest absolute Gasteiger partial charge is 0.177 e. The van der Waals surface area contributed by atoms with E-state index in [1.807, 2.05) is 18.2 Å². The number of alkyl halides is 1. The van der Waals surface area contributed by atoms with Crippen molar-refractivity contribution in [2.24, 2.45) is 0 Å². The first-order chi connectivity index (χ1) is 7.67. The number of ketones is 1. The summed E-state index contributed by atoms with van der Waals surface area (Å²) in [5, 5.41) is 1.10. The van der Waals surface area contributed by atoms with Crippen molar-refractivity contribution in [3.05, 3.63) is 29.5 Å². The van der Waals surface area contributed by atoms with E-state index in [1.54, 1.807) is 14.0 Å². The predicted molar refractivity (Wildman–Crippen MR) is 65.6 cm³/mol. The third-order valence-electron chi connectivity index (χ3n) is 2.47. The number of fused-ring (bicyclic) bond motifs is 1. The molecule has 2 rings (SSSR count). The van der Waals surface area contributed by atoms with Gasteiger partial charge in [0.25, 0.3) is 0 Å². The van der Waals surface area contributed by atoms with Crippen LogP contribution in [-0.2, 0) is 0 Å². The SMILES string of the molecule is COc1ccc2oc(C)c(C(=O)CBr)c2c1. The van der Waals surface area contributed by atoms with Gasteiger partial charge in [-0.1, -0.05) is 15.9 Å². The molecule has 0 spiro atoms. The molecule has 0 aliphatic carbocycles. The second kappa shape index (κ2) is 4.29. The largest absolute Gasteiger partial charge is 0.497 e. The Morgan fingerprint density at radius 2 is 2.25 bits per heavy atom. The molecule has 16 heavy (non-hydrogen) atoms. The Morgan fingerprint density at radius 3 is 2.88 bits per heavy atom. The first kappa shape index (κ1) is 11.2. The Balaban J connectivity index is 2.70. The monoisotopic (exact) mass is 282 g/mol. The molecule has 1 aromatic carbocycles. The van der Waals surface area contributed by atoms with Gasteiger partial charge in [-0.3, -0.25) is 4.79 Å². The normalized spacial score (nSPS) is 10.7. The fraction of sp³-hybridized carbons (Fsp3) is 0.250. The van der Waals surface area contributed by atoms with Crippen LogP contribution in [0, 0.1) is 6.92 Å². The zero-order chi connectivity index (χ0) is 11.7. The van der Waals surface area contributed by atoms with E-state index in [0.29, 0.717) is 22.2 Å². The molecule has 84 valence electrons. The van der Waals surface area contributed by atoms with Gasteiger partial charge in [0, 0.05) is 5.39 Å². The molecule has 0 radical (unpaired) electrons. The lowest BCUT2D eigenvalue weighted by Crippen LogP contribution is -2.00. The Hall–Kier alpha value is -1.29. The first-order valence-corrected chi connectivity index (χ1v) is 5.96. The van der Waals surface area contributed by atoms with Crippen LogP contribution >= 0.6 is 15.9 Å². The highest BCUT2D eigenvalue weighted by Crippen LogP contribution is 2.29. The van der Waals surface area contributed by atoms with Crippen LogP contribution in [0.1, 0.15) is 16.1 Å². The van der Waals surface area contributed by atoms with Crippen LogP contribution < -0.4 is 4.74 Å². The Bertz CT molecular complexity index is 542. The number of rotatable bonds is 3. The standard InChI is InChI=1S/C12H11BrO3/c1-7-12(10(14)6-13)9-5-8(15-2)3-4-11(9)16-7/h3-5H,6H2,1-2H3. The maximum absolute atomic E-state index is 11.8. The van der Waals surface area contributed by atoms with E-state index in [2.05, 4.69) is 15.9 Å². The molecule has 0 unspecified atom stereocenters. The third kappa shape index (κ3) is 1.73. The zero-order valence-corrected chi connectivity index (χ0v) is 10.6. The number of hydrogen-bond donors (Lipinski definition) is 0. The number of carbonyl (C=O) groups excluding carboxylic acids is 1. The number of carbonyl (C=O) groups is 1. The van der Waals surface area contributed by atoms with Gasteiger partial charge in [0.15, 0.2) is 5.78 Å². The Labute approximate surface area is 102 Å². The van der Waals surface area contributed by atoms with Crippen LogP contribution in [0.3, 0.4) is 0 Å². The minimum Gasteiger partial charge on any atom is -0.497 e. The number of Topliss-reactive ketones (excluding diaryl/α,β-unsaturated/α-hetero) is 1. The van der Waals surface area contributed by atoms with E-state index < -0.39 is 0 Å². The van der Waals surface area contributed by atoms with Crippen molar-refractivity contribution in [2.75, 3.05) is 12.4 Å². The van der Waals surface area contributed by atoms with Crippen LogP contribution in [0.5, 0.6) is 5.75 Å². The van der Waals surface area contributed by atoms with Crippen LogP contribution in [0.15, 0.2) is 22.6 Å². The lowest BCUT2D eigenvalue weighted by molar-refractivity contribution is 0.102. The van der Waals surface area contributed by atoms with Crippen LogP contribution in [0.4, 0.5) is 0 Å². The molecule has 1 aromatic heterocycles. The Morgan fingerprint density at radius 1 is 1.50 bits per heavy atom. The molecule has 0 N–H and O–H groups in total. The fourth-order valence-electron chi connectivity index (χ4n) is 1.74. The molecule has 1 heterocycles. The molecule has 0 fully saturated rings. The van der Waals surface area contributed by atoms with E-state index in [9.17, 15) is 4.79 Å². The van der Waals surface area contributed by atoms with Crippen LogP contribution in [0.25, 0.3) is 11.0 Å².